The Balaban J connectivity index is 0.00000289. The zero-order chi connectivity index (χ0) is 12.8. The van der Waals surface area contributed by atoms with Gasteiger partial charge in [0.25, 0.3) is 0 Å². The largest absolute Gasteiger partial charge is 0.385 e. The first-order valence-corrected chi connectivity index (χ1v) is 6.18. The zero-order valence-corrected chi connectivity index (χ0v) is 12.2. The molecule has 0 fully saturated rings. The molecule has 0 radical (unpaired) electrons. The van der Waals surface area contributed by atoms with Gasteiger partial charge in [-0.25, -0.2) is 0 Å². The lowest BCUT2D eigenvalue weighted by Crippen LogP contribution is -2.24. The van der Waals surface area contributed by atoms with E-state index in [1.165, 1.54) is 5.56 Å². The van der Waals surface area contributed by atoms with Crippen molar-refractivity contribution in [2.45, 2.75) is 26.2 Å². The summed E-state index contributed by atoms with van der Waals surface area (Å²) in [5.74, 6) is 1.10. The van der Waals surface area contributed by atoms with E-state index in [4.69, 9.17) is 5.39 Å². The standard InChI is InChI=1S/C14H22N3.CH3/c1-5-14(11(2)10-17(3)4)12-7-6-8-13(9-12)16-15;/h6-9,11,14H,5,10H2,1-4H3;1H3/q+1;-1/t11-,14+;/m0./s1. The van der Waals surface area contributed by atoms with Crippen molar-refractivity contribution in [1.29, 1.82) is 5.39 Å². The summed E-state index contributed by atoms with van der Waals surface area (Å²) >= 11 is 0. The summed E-state index contributed by atoms with van der Waals surface area (Å²) in [4.78, 5) is 5.47. The maximum Gasteiger partial charge on any atom is 0.385 e. The van der Waals surface area contributed by atoms with E-state index in [-0.39, 0.29) is 7.43 Å². The Hall–Kier alpha value is -1.40. The topological polar surface area (TPSA) is 31.4 Å². The van der Waals surface area contributed by atoms with Gasteiger partial charge in [0.05, 0.1) is 0 Å². The highest BCUT2D eigenvalue weighted by Crippen LogP contribution is 2.30. The number of benzene rings is 1. The molecule has 0 unspecified atom stereocenters. The fourth-order valence-corrected chi connectivity index (χ4v) is 2.49. The molecule has 0 heterocycles. The Morgan fingerprint density at radius 2 is 2.00 bits per heavy atom. The van der Waals surface area contributed by atoms with Crippen molar-refractivity contribution in [3.8, 4) is 0 Å². The smallest absolute Gasteiger partial charge is 0.358 e. The zero-order valence-electron chi connectivity index (χ0n) is 12.2. The molecule has 100 valence electrons. The van der Waals surface area contributed by atoms with Crippen LogP contribution in [0.2, 0.25) is 0 Å². The summed E-state index contributed by atoms with van der Waals surface area (Å²) in [5.41, 5.74) is 1.90. The average Bonchev–Trinajstić information content (AvgIpc) is 2.29. The summed E-state index contributed by atoms with van der Waals surface area (Å²) in [6.45, 7) is 5.55. The van der Waals surface area contributed by atoms with E-state index in [0.717, 1.165) is 13.0 Å². The van der Waals surface area contributed by atoms with Crippen molar-refractivity contribution in [3.63, 3.8) is 0 Å². The van der Waals surface area contributed by atoms with Gasteiger partial charge in [-0.1, -0.05) is 26.0 Å². The second kappa shape index (κ2) is 7.84. The number of hydrogen-bond donors (Lipinski definition) is 0. The predicted octanol–water partition coefficient (Wildman–Crippen LogP) is 4.31. The Morgan fingerprint density at radius 1 is 1.33 bits per heavy atom. The lowest BCUT2D eigenvalue weighted by Gasteiger charge is -2.25. The van der Waals surface area contributed by atoms with E-state index in [1.807, 2.05) is 18.2 Å². The third-order valence-electron chi connectivity index (χ3n) is 3.19. The summed E-state index contributed by atoms with van der Waals surface area (Å²) < 4.78 is 0. The van der Waals surface area contributed by atoms with Crippen LogP contribution in [0.3, 0.4) is 0 Å². The van der Waals surface area contributed by atoms with E-state index in [0.29, 0.717) is 17.5 Å². The van der Waals surface area contributed by atoms with E-state index < -0.39 is 0 Å². The summed E-state index contributed by atoms with van der Waals surface area (Å²) in [7, 11) is 4.20. The van der Waals surface area contributed by atoms with E-state index in [2.05, 4.69) is 43.9 Å². The highest BCUT2D eigenvalue weighted by molar-refractivity contribution is 5.46. The molecule has 1 aromatic carbocycles. The Kier molecular flexibility index (Phi) is 7.23. The van der Waals surface area contributed by atoms with Crippen LogP contribution in [0, 0.1) is 18.7 Å². The molecule has 3 nitrogen and oxygen atoms in total. The molecule has 0 aliphatic rings. The minimum absolute atomic E-state index is 0. The van der Waals surface area contributed by atoms with Gasteiger partial charge in [0.15, 0.2) is 4.98 Å². The van der Waals surface area contributed by atoms with Crippen LogP contribution in [-0.2, 0) is 0 Å². The molecule has 0 bridgehead atoms. The first kappa shape index (κ1) is 16.6. The fourth-order valence-electron chi connectivity index (χ4n) is 2.49. The Morgan fingerprint density at radius 3 is 2.50 bits per heavy atom. The molecule has 18 heavy (non-hydrogen) atoms. The molecular weight excluding hydrogens is 222 g/mol. The van der Waals surface area contributed by atoms with E-state index >= 15 is 0 Å². The van der Waals surface area contributed by atoms with Gasteiger partial charge < -0.3 is 12.3 Å². The van der Waals surface area contributed by atoms with Gasteiger partial charge in [-0.05, 0) is 37.9 Å². The predicted molar refractivity (Wildman–Crippen MR) is 78.4 cm³/mol. The number of rotatable bonds is 5. The van der Waals surface area contributed by atoms with Crippen LogP contribution < -0.4 is 0 Å². The fraction of sp³-hybridized carbons (Fsp3) is 0.533. The summed E-state index contributed by atoms with van der Waals surface area (Å²) in [6.07, 6.45) is 1.10. The van der Waals surface area contributed by atoms with Crippen LogP contribution in [0.25, 0.3) is 4.98 Å². The molecular formula is C15H25N3. The monoisotopic (exact) mass is 247 g/mol. The molecule has 2 atom stereocenters. The van der Waals surface area contributed by atoms with Crippen LogP contribution in [0.5, 0.6) is 0 Å². The first-order chi connectivity index (χ1) is 8.08. The van der Waals surface area contributed by atoms with Gasteiger partial charge in [0.1, 0.15) is 0 Å². The lowest BCUT2D eigenvalue weighted by molar-refractivity contribution is 0.301. The molecule has 0 saturated heterocycles. The normalized spacial score (nSPS) is 13.6. The highest BCUT2D eigenvalue weighted by Gasteiger charge is 2.20. The second-order valence-electron chi connectivity index (χ2n) is 4.95. The van der Waals surface area contributed by atoms with Gasteiger partial charge in [0, 0.05) is 18.7 Å². The van der Waals surface area contributed by atoms with Crippen LogP contribution >= 0.6 is 0 Å². The molecule has 1 aromatic rings. The van der Waals surface area contributed by atoms with E-state index in [9.17, 15) is 0 Å². The molecule has 0 spiro atoms. The number of nitrogens with zero attached hydrogens (tertiary/aromatic N) is 3. The molecule has 3 heteroatoms. The van der Waals surface area contributed by atoms with Crippen LogP contribution in [0.15, 0.2) is 24.3 Å². The number of diazo groups is 1. The van der Waals surface area contributed by atoms with Gasteiger partial charge in [0.2, 0.25) is 5.39 Å². The number of hydrogen-bond acceptors (Lipinski definition) is 2. The minimum atomic E-state index is 0. The molecule has 0 saturated carbocycles. The molecule has 0 N–H and O–H groups in total. The van der Waals surface area contributed by atoms with Gasteiger partial charge in [-0.15, -0.1) is 0 Å². The molecule has 1 rings (SSSR count). The van der Waals surface area contributed by atoms with Crippen molar-refractivity contribution >= 4 is 5.69 Å². The maximum atomic E-state index is 8.82. The Bertz CT molecular complexity index is 393. The lowest BCUT2D eigenvalue weighted by atomic mass is 9.85. The van der Waals surface area contributed by atoms with Crippen molar-refractivity contribution in [3.05, 3.63) is 42.2 Å². The van der Waals surface area contributed by atoms with Crippen LogP contribution in [-0.4, -0.2) is 25.5 Å². The van der Waals surface area contributed by atoms with E-state index in [1.54, 1.807) is 0 Å². The molecule has 0 aromatic heterocycles. The molecule has 0 aliphatic heterocycles. The average molecular weight is 247 g/mol. The second-order valence-corrected chi connectivity index (χ2v) is 4.95. The quantitative estimate of drug-likeness (QED) is 0.573. The summed E-state index contributed by atoms with van der Waals surface area (Å²) in [5, 5.41) is 8.82. The van der Waals surface area contributed by atoms with Gasteiger partial charge >= 0.3 is 5.69 Å². The van der Waals surface area contributed by atoms with Gasteiger partial charge in [-0.3, -0.25) is 0 Å². The van der Waals surface area contributed by atoms with Gasteiger partial charge in [-0.2, -0.15) is 0 Å². The van der Waals surface area contributed by atoms with Crippen molar-refractivity contribution in [2.75, 3.05) is 20.6 Å². The maximum absolute atomic E-state index is 8.82. The van der Waals surface area contributed by atoms with Crippen molar-refractivity contribution < 1.29 is 0 Å². The van der Waals surface area contributed by atoms with Crippen molar-refractivity contribution in [2.24, 2.45) is 5.92 Å². The highest BCUT2D eigenvalue weighted by atomic mass is 15.1. The molecule has 0 amide bonds. The third kappa shape index (κ3) is 4.46. The molecule has 0 aliphatic carbocycles. The van der Waals surface area contributed by atoms with Crippen LogP contribution in [0.1, 0.15) is 31.7 Å². The Labute approximate surface area is 111 Å². The summed E-state index contributed by atoms with van der Waals surface area (Å²) in [6, 6.07) is 7.86. The third-order valence-corrected chi connectivity index (χ3v) is 3.19. The first-order valence-electron chi connectivity index (χ1n) is 6.18. The SMILES string of the molecule is CC[C@@H](c1cccc([N+]#N)c1)[C@@H](C)CN(C)C.[CH3-]. The minimum Gasteiger partial charge on any atom is -0.358 e. The van der Waals surface area contributed by atoms with Crippen molar-refractivity contribution in [1.82, 2.24) is 4.90 Å². The van der Waals surface area contributed by atoms with Crippen LogP contribution in [0.4, 0.5) is 5.69 Å².